The topological polar surface area (TPSA) is 75.5 Å². The largest absolute Gasteiger partial charge is 0.350 e. The summed E-state index contributed by atoms with van der Waals surface area (Å²) < 4.78 is 1.41. The van der Waals surface area contributed by atoms with Crippen LogP contribution in [0.15, 0.2) is 29.3 Å². The Kier molecular flexibility index (Phi) is 5.15. The highest BCUT2D eigenvalue weighted by Gasteiger charge is 2.17. The van der Waals surface area contributed by atoms with Gasteiger partial charge in [-0.25, -0.2) is 4.98 Å². The quantitative estimate of drug-likeness (QED) is 0.880. The lowest BCUT2D eigenvalue weighted by Gasteiger charge is -2.11. The standard InChI is InChI=1S/C15H18N4O2.ClH/c1-10-4-5-13-17-8-12(15(21)19(13)9-10)14(20)18-7-11-3-2-6-16-11;/h4-5,8-9,11,16H,2-3,6-7H2,1H3,(H,18,20);1H. The third-order valence-corrected chi connectivity index (χ3v) is 3.77. The SMILES string of the molecule is Cc1ccc2ncc(C(=O)NCC3CCCN3)c(=O)n2c1.Cl. The van der Waals surface area contributed by atoms with E-state index in [0.29, 0.717) is 18.2 Å². The van der Waals surface area contributed by atoms with Gasteiger partial charge in [0, 0.05) is 25.0 Å². The Morgan fingerprint density at radius 3 is 3.05 bits per heavy atom. The molecule has 1 fully saturated rings. The number of carbonyl (C=O) groups excluding carboxylic acids is 1. The molecule has 0 saturated carbocycles. The van der Waals surface area contributed by atoms with E-state index in [9.17, 15) is 9.59 Å². The predicted octanol–water partition coefficient (Wildman–Crippen LogP) is 0.907. The number of halogens is 1. The van der Waals surface area contributed by atoms with Crippen molar-refractivity contribution in [2.75, 3.05) is 13.1 Å². The average Bonchev–Trinajstić information content (AvgIpc) is 2.99. The second-order valence-corrected chi connectivity index (χ2v) is 5.41. The van der Waals surface area contributed by atoms with Crippen molar-refractivity contribution in [1.82, 2.24) is 20.0 Å². The molecule has 1 aliphatic heterocycles. The summed E-state index contributed by atoms with van der Waals surface area (Å²) in [6.07, 6.45) is 5.22. The molecule has 3 rings (SSSR count). The Morgan fingerprint density at radius 2 is 2.32 bits per heavy atom. The summed E-state index contributed by atoms with van der Waals surface area (Å²) in [7, 11) is 0. The molecule has 0 radical (unpaired) electrons. The van der Waals surface area contributed by atoms with E-state index in [-0.39, 0.29) is 29.4 Å². The maximum absolute atomic E-state index is 12.4. The first-order chi connectivity index (χ1) is 10.1. The first-order valence-corrected chi connectivity index (χ1v) is 7.15. The molecule has 0 aliphatic carbocycles. The highest BCUT2D eigenvalue weighted by molar-refractivity contribution is 5.93. The van der Waals surface area contributed by atoms with E-state index >= 15 is 0 Å². The molecule has 1 amide bonds. The fourth-order valence-corrected chi connectivity index (χ4v) is 2.58. The van der Waals surface area contributed by atoms with Gasteiger partial charge in [-0.3, -0.25) is 14.0 Å². The van der Waals surface area contributed by atoms with Crippen LogP contribution >= 0.6 is 12.4 Å². The number of pyridine rings is 1. The minimum Gasteiger partial charge on any atom is -0.350 e. The van der Waals surface area contributed by atoms with Gasteiger partial charge in [0.1, 0.15) is 11.2 Å². The van der Waals surface area contributed by atoms with E-state index < -0.39 is 0 Å². The van der Waals surface area contributed by atoms with Gasteiger partial charge in [0.2, 0.25) is 0 Å². The van der Waals surface area contributed by atoms with Crippen molar-refractivity contribution in [3.05, 3.63) is 46.0 Å². The summed E-state index contributed by atoms with van der Waals surface area (Å²) in [4.78, 5) is 28.7. The van der Waals surface area contributed by atoms with E-state index in [0.717, 1.165) is 24.9 Å². The van der Waals surface area contributed by atoms with Crippen LogP contribution in [0.2, 0.25) is 0 Å². The lowest BCUT2D eigenvalue weighted by atomic mass is 10.2. The smallest absolute Gasteiger partial charge is 0.270 e. The molecule has 7 heteroatoms. The molecule has 0 bridgehead atoms. The fourth-order valence-electron chi connectivity index (χ4n) is 2.58. The monoisotopic (exact) mass is 322 g/mol. The Balaban J connectivity index is 0.00000176. The summed E-state index contributed by atoms with van der Waals surface area (Å²) in [5.41, 5.74) is 1.23. The van der Waals surface area contributed by atoms with Crippen LogP contribution in [0.5, 0.6) is 0 Å². The van der Waals surface area contributed by atoms with Crippen LogP contribution in [0, 0.1) is 6.92 Å². The second kappa shape index (κ2) is 6.89. The number of hydrogen-bond acceptors (Lipinski definition) is 4. The van der Waals surface area contributed by atoms with Gasteiger partial charge < -0.3 is 10.6 Å². The number of aromatic nitrogens is 2. The van der Waals surface area contributed by atoms with Crippen molar-refractivity contribution >= 4 is 24.0 Å². The van der Waals surface area contributed by atoms with Crippen molar-refractivity contribution in [1.29, 1.82) is 0 Å². The van der Waals surface area contributed by atoms with Gasteiger partial charge in [0.05, 0.1) is 0 Å². The van der Waals surface area contributed by atoms with E-state index in [4.69, 9.17) is 0 Å². The molecule has 0 spiro atoms. The van der Waals surface area contributed by atoms with Crippen molar-refractivity contribution < 1.29 is 4.79 Å². The number of nitrogens with one attached hydrogen (secondary N) is 2. The first-order valence-electron chi connectivity index (χ1n) is 7.15. The zero-order valence-electron chi connectivity index (χ0n) is 12.3. The third-order valence-electron chi connectivity index (χ3n) is 3.77. The number of aryl methyl sites for hydroxylation is 1. The highest BCUT2D eigenvalue weighted by Crippen LogP contribution is 2.04. The molecule has 1 saturated heterocycles. The molecule has 2 aromatic rings. The zero-order valence-corrected chi connectivity index (χ0v) is 13.2. The number of nitrogens with zero attached hydrogens (tertiary/aromatic N) is 2. The Morgan fingerprint density at radius 1 is 1.50 bits per heavy atom. The molecule has 2 aromatic heterocycles. The van der Waals surface area contributed by atoms with Crippen LogP contribution in [-0.2, 0) is 0 Å². The lowest BCUT2D eigenvalue weighted by Crippen LogP contribution is -2.39. The van der Waals surface area contributed by atoms with Crippen LogP contribution in [0.1, 0.15) is 28.8 Å². The minimum absolute atomic E-state index is 0. The number of amides is 1. The normalized spacial score (nSPS) is 17.2. The zero-order chi connectivity index (χ0) is 14.8. The molecule has 1 unspecified atom stereocenters. The molecule has 118 valence electrons. The molecular formula is C15H19ClN4O2. The van der Waals surface area contributed by atoms with E-state index in [1.165, 1.54) is 10.6 Å². The molecule has 0 aromatic carbocycles. The van der Waals surface area contributed by atoms with E-state index in [1.807, 2.05) is 13.0 Å². The molecule has 6 nitrogen and oxygen atoms in total. The third kappa shape index (κ3) is 3.28. The summed E-state index contributed by atoms with van der Waals surface area (Å²) in [5, 5.41) is 6.11. The van der Waals surface area contributed by atoms with Crippen molar-refractivity contribution in [2.24, 2.45) is 0 Å². The van der Waals surface area contributed by atoms with Gasteiger partial charge in [-0.2, -0.15) is 0 Å². The predicted molar refractivity (Wildman–Crippen MR) is 86.8 cm³/mol. The Bertz CT molecular complexity index is 738. The Hall–Kier alpha value is -1.92. The fraction of sp³-hybridized carbons (Fsp3) is 0.400. The van der Waals surface area contributed by atoms with Crippen LogP contribution in [0.4, 0.5) is 0 Å². The van der Waals surface area contributed by atoms with Crippen molar-refractivity contribution in [2.45, 2.75) is 25.8 Å². The summed E-state index contributed by atoms with van der Waals surface area (Å²) in [6, 6.07) is 3.95. The number of carbonyl (C=O) groups is 1. The van der Waals surface area contributed by atoms with Gasteiger partial charge in [0.15, 0.2) is 0 Å². The maximum Gasteiger partial charge on any atom is 0.270 e. The first kappa shape index (κ1) is 16.5. The second-order valence-electron chi connectivity index (χ2n) is 5.41. The van der Waals surface area contributed by atoms with E-state index in [2.05, 4.69) is 15.6 Å². The molecule has 3 heterocycles. The van der Waals surface area contributed by atoms with Crippen molar-refractivity contribution in [3.63, 3.8) is 0 Å². The lowest BCUT2D eigenvalue weighted by molar-refractivity contribution is 0.0948. The van der Waals surface area contributed by atoms with E-state index in [1.54, 1.807) is 12.3 Å². The van der Waals surface area contributed by atoms with Gasteiger partial charge in [-0.15, -0.1) is 12.4 Å². The minimum atomic E-state index is -0.364. The number of hydrogen-bond donors (Lipinski definition) is 2. The highest BCUT2D eigenvalue weighted by atomic mass is 35.5. The molecule has 2 N–H and O–H groups in total. The van der Waals surface area contributed by atoms with Gasteiger partial charge >= 0.3 is 0 Å². The Labute approximate surface area is 134 Å². The van der Waals surface area contributed by atoms with Crippen LogP contribution < -0.4 is 16.2 Å². The molecule has 1 aliphatic rings. The van der Waals surface area contributed by atoms with Gasteiger partial charge in [-0.1, -0.05) is 6.07 Å². The molecule has 22 heavy (non-hydrogen) atoms. The average molecular weight is 323 g/mol. The number of fused-ring (bicyclic) bond motifs is 1. The maximum atomic E-state index is 12.4. The molecular weight excluding hydrogens is 304 g/mol. The molecule has 1 atom stereocenters. The van der Waals surface area contributed by atoms with Crippen molar-refractivity contribution in [3.8, 4) is 0 Å². The summed E-state index contributed by atoms with van der Waals surface area (Å²) in [6.45, 7) is 3.42. The number of rotatable bonds is 3. The van der Waals surface area contributed by atoms with Gasteiger partial charge in [-0.05, 0) is 37.9 Å². The van der Waals surface area contributed by atoms with Crippen LogP contribution in [0.25, 0.3) is 5.65 Å². The summed E-state index contributed by atoms with van der Waals surface area (Å²) in [5.74, 6) is -0.364. The summed E-state index contributed by atoms with van der Waals surface area (Å²) >= 11 is 0. The van der Waals surface area contributed by atoms with Crippen LogP contribution in [0.3, 0.4) is 0 Å². The van der Waals surface area contributed by atoms with Gasteiger partial charge in [0.25, 0.3) is 11.5 Å². The van der Waals surface area contributed by atoms with Crippen LogP contribution in [-0.4, -0.2) is 34.4 Å².